The lowest BCUT2D eigenvalue weighted by Crippen LogP contribution is -2.06. The van der Waals surface area contributed by atoms with Gasteiger partial charge in [-0.2, -0.15) is 18.4 Å². The Hall–Kier alpha value is -3.64. The molecule has 32 heavy (non-hydrogen) atoms. The van der Waals surface area contributed by atoms with Gasteiger partial charge < -0.3 is 10.3 Å². The van der Waals surface area contributed by atoms with Crippen LogP contribution in [0.5, 0.6) is 0 Å². The third-order valence-corrected chi connectivity index (χ3v) is 4.79. The number of aromatic amines is 1. The molecule has 0 radical (unpaired) electrons. The zero-order valence-corrected chi connectivity index (χ0v) is 17.9. The van der Waals surface area contributed by atoms with E-state index in [1.807, 2.05) is 38.1 Å². The largest absolute Gasteiger partial charge is 0.417 e. The Kier molecular flexibility index (Phi) is 6.95. The summed E-state index contributed by atoms with van der Waals surface area (Å²) in [6, 6.07) is 10.2. The zero-order valence-electron chi connectivity index (χ0n) is 17.1. The first kappa shape index (κ1) is 23.0. The van der Waals surface area contributed by atoms with E-state index < -0.39 is 11.7 Å². The summed E-state index contributed by atoms with van der Waals surface area (Å²) >= 11 is 6.14. The standard InChI is InChI=1S/C20H12ClF3N6.C2H6/c21-16-4-2-1-3-11(16)7-28-19-29-8-12(6-25)17(30-19)15-10-27-18-14(15)5-13(9-26-18)20(22,23)24;1-2/h1-5,8-10H,7H2,(H,26,27)(H,28,29,30);1-2H3. The molecular formula is C22H18ClF3N6. The van der Waals surface area contributed by atoms with Crippen LogP contribution in [0.1, 0.15) is 30.5 Å². The normalized spacial score (nSPS) is 10.9. The van der Waals surface area contributed by atoms with E-state index in [2.05, 4.69) is 25.3 Å². The second-order valence-corrected chi connectivity index (χ2v) is 6.74. The summed E-state index contributed by atoms with van der Waals surface area (Å²) in [5.74, 6) is 0.207. The highest BCUT2D eigenvalue weighted by atomic mass is 35.5. The lowest BCUT2D eigenvalue weighted by molar-refractivity contribution is -0.137. The molecule has 0 saturated carbocycles. The van der Waals surface area contributed by atoms with Crippen molar-refractivity contribution in [1.29, 1.82) is 5.26 Å². The van der Waals surface area contributed by atoms with E-state index in [1.54, 1.807) is 6.07 Å². The van der Waals surface area contributed by atoms with E-state index >= 15 is 0 Å². The Labute approximate surface area is 187 Å². The molecule has 0 atom stereocenters. The Morgan fingerprint density at radius 1 is 1.16 bits per heavy atom. The van der Waals surface area contributed by atoms with E-state index in [-0.39, 0.29) is 28.2 Å². The smallest absolute Gasteiger partial charge is 0.350 e. The van der Waals surface area contributed by atoms with Gasteiger partial charge in [-0.1, -0.05) is 43.6 Å². The maximum atomic E-state index is 13.1. The van der Waals surface area contributed by atoms with Gasteiger partial charge in [0, 0.05) is 34.9 Å². The lowest BCUT2D eigenvalue weighted by atomic mass is 10.1. The quantitative estimate of drug-likeness (QED) is 0.380. The number of nitriles is 1. The van der Waals surface area contributed by atoms with Crippen molar-refractivity contribution in [2.45, 2.75) is 26.6 Å². The first-order valence-electron chi connectivity index (χ1n) is 9.66. The van der Waals surface area contributed by atoms with Gasteiger partial charge >= 0.3 is 6.18 Å². The highest BCUT2D eigenvalue weighted by Gasteiger charge is 2.31. The molecule has 1 aromatic carbocycles. The molecule has 0 aliphatic heterocycles. The number of aromatic nitrogens is 4. The van der Waals surface area contributed by atoms with Gasteiger partial charge in [-0.15, -0.1) is 0 Å². The fourth-order valence-corrected chi connectivity index (χ4v) is 3.13. The molecule has 4 rings (SSSR count). The molecule has 4 aromatic rings. The summed E-state index contributed by atoms with van der Waals surface area (Å²) in [5.41, 5.74) is 0.827. The van der Waals surface area contributed by atoms with Crippen molar-refractivity contribution in [2.75, 3.05) is 5.32 Å². The summed E-state index contributed by atoms with van der Waals surface area (Å²) in [5, 5.41) is 13.2. The van der Waals surface area contributed by atoms with Crippen molar-refractivity contribution in [3.8, 4) is 17.3 Å². The summed E-state index contributed by atoms with van der Waals surface area (Å²) in [6.07, 6.45) is -0.999. The lowest BCUT2D eigenvalue weighted by Gasteiger charge is -2.09. The molecule has 0 saturated heterocycles. The van der Waals surface area contributed by atoms with Gasteiger partial charge in [0.2, 0.25) is 5.95 Å². The molecule has 3 heterocycles. The number of nitrogens with one attached hydrogen (secondary N) is 2. The summed E-state index contributed by atoms with van der Waals surface area (Å²) < 4.78 is 39.3. The Bertz CT molecular complexity index is 1280. The highest BCUT2D eigenvalue weighted by Crippen LogP contribution is 2.34. The van der Waals surface area contributed by atoms with Crippen molar-refractivity contribution < 1.29 is 13.2 Å². The Balaban J connectivity index is 0.00000141. The van der Waals surface area contributed by atoms with E-state index in [4.69, 9.17) is 11.6 Å². The minimum absolute atomic E-state index is 0.122. The molecule has 0 aliphatic carbocycles. The molecular weight excluding hydrogens is 441 g/mol. The van der Waals surface area contributed by atoms with E-state index in [9.17, 15) is 18.4 Å². The van der Waals surface area contributed by atoms with Crippen LogP contribution in [0.3, 0.4) is 0 Å². The van der Waals surface area contributed by atoms with Crippen molar-refractivity contribution in [2.24, 2.45) is 0 Å². The molecule has 0 amide bonds. The van der Waals surface area contributed by atoms with E-state index in [0.29, 0.717) is 17.1 Å². The predicted octanol–water partition coefficient (Wildman–Crippen LogP) is 6.20. The first-order valence-corrected chi connectivity index (χ1v) is 10.0. The van der Waals surface area contributed by atoms with Crippen LogP contribution in [0.4, 0.5) is 19.1 Å². The number of anilines is 1. The van der Waals surface area contributed by atoms with Gasteiger partial charge in [0.25, 0.3) is 0 Å². The van der Waals surface area contributed by atoms with Crippen LogP contribution in [0.15, 0.2) is 48.9 Å². The molecule has 0 fully saturated rings. The maximum Gasteiger partial charge on any atom is 0.417 e. The van der Waals surface area contributed by atoms with Crippen LogP contribution in [-0.4, -0.2) is 19.9 Å². The van der Waals surface area contributed by atoms with Gasteiger partial charge in [0.1, 0.15) is 11.7 Å². The second-order valence-electron chi connectivity index (χ2n) is 6.33. The topological polar surface area (TPSA) is 90.3 Å². The molecule has 2 N–H and O–H groups in total. The fourth-order valence-electron chi connectivity index (χ4n) is 2.92. The Morgan fingerprint density at radius 2 is 1.91 bits per heavy atom. The van der Waals surface area contributed by atoms with Crippen LogP contribution in [0.25, 0.3) is 22.3 Å². The van der Waals surface area contributed by atoms with Crippen molar-refractivity contribution in [3.05, 3.63) is 70.6 Å². The van der Waals surface area contributed by atoms with Gasteiger partial charge in [0.05, 0.1) is 23.0 Å². The molecule has 6 nitrogen and oxygen atoms in total. The van der Waals surface area contributed by atoms with Gasteiger partial charge in [-0.3, -0.25) is 0 Å². The average Bonchev–Trinajstić information content (AvgIpc) is 3.22. The molecule has 164 valence electrons. The zero-order chi connectivity index (χ0) is 23.3. The van der Waals surface area contributed by atoms with Crippen molar-refractivity contribution >= 4 is 28.6 Å². The number of nitrogens with zero attached hydrogens (tertiary/aromatic N) is 4. The molecule has 0 bridgehead atoms. The molecule has 0 unspecified atom stereocenters. The van der Waals surface area contributed by atoms with Crippen molar-refractivity contribution in [3.63, 3.8) is 0 Å². The van der Waals surface area contributed by atoms with Crippen LogP contribution in [-0.2, 0) is 12.7 Å². The van der Waals surface area contributed by atoms with Crippen LogP contribution >= 0.6 is 11.6 Å². The van der Waals surface area contributed by atoms with Crippen LogP contribution in [0.2, 0.25) is 5.02 Å². The monoisotopic (exact) mass is 458 g/mol. The third-order valence-electron chi connectivity index (χ3n) is 4.42. The van der Waals surface area contributed by atoms with Gasteiger partial charge in [-0.05, 0) is 17.7 Å². The molecule has 10 heteroatoms. The molecule has 3 aromatic heterocycles. The number of benzene rings is 1. The number of hydrogen-bond acceptors (Lipinski definition) is 5. The van der Waals surface area contributed by atoms with Crippen LogP contribution < -0.4 is 5.32 Å². The number of rotatable bonds is 4. The van der Waals surface area contributed by atoms with Crippen LogP contribution in [0, 0.1) is 11.3 Å². The van der Waals surface area contributed by atoms with E-state index in [1.165, 1.54) is 12.4 Å². The minimum atomic E-state index is -4.54. The van der Waals surface area contributed by atoms with E-state index in [0.717, 1.165) is 17.8 Å². The number of pyridine rings is 1. The Morgan fingerprint density at radius 3 is 2.59 bits per heavy atom. The average molecular weight is 459 g/mol. The van der Waals surface area contributed by atoms with Crippen molar-refractivity contribution in [1.82, 2.24) is 19.9 Å². The van der Waals surface area contributed by atoms with Gasteiger partial charge in [0.15, 0.2) is 0 Å². The molecule has 0 aliphatic rings. The molecule has 0 spiro atoms. The predicted molar refractivity (Wildman–Crippen MR) is 117 cm³/mol. The summed E-state index contributed by atoms with van der Waals surface area (Å²) in [6.45, 7) is 4.33. The SMILES string of the molecule is CC.N#Cc1cnc(NCc2ccccc2Cl)nc1-c1c[nH]c2ncc(C(F)(F)F)cc12. The fraction of sp³-hybridized carbons (Fsp3) is 0.182. The number of alkyl halides is 3. The number of halogens is 4. The second kappa shape index (κ2) is 9.66. The summed E-state index contributed by atoms with van der Waals surface area (Å²) in [7, 11) is 0. The number of fused-ring (bicyclic) bond motifs is 1. The number of H-pyrrole nitrogens is 1. The maximum absolute atomic E-state index is 13.1. The first-order chi connectivity index (χ1) is 15.4. The highest BCUT2D eigenvalue weighted by molar-refractivity contribution is 6.31. The summed E-state index contributed by atoms with van der Waals surface area (Å²) in [4.78, 5) is 15.1. The minimum Gasteiger partial charge on any atom is -0.350 e. The number of hydrogen-bond donors (Lipinski definition) is 2. The van der Waals surface area contributed by atoms with Gasteiger partial charge in [-0.25, -0.2) is 15.0 Å². The third kappa shape index (κ3) is 4.81.